The fourth-order valence-electron chi connectivity index (χ4n) is 1.78. The predicted octanol–water partition coefficient (Wildman–Crippen LogP) is 2.09. The average molecular weight is 234 g/mol. The summed E-state index contributed by atoms with van der Waals surface area (Å²) >= 11 is 0. The van der Waals surface area contributed by atoms with E-state index >= 15 is 0 Å². The molecule has 1 aliphatic heterocycles. The Morgan fingerprint density at radius 1 is 1.41 bits per heavy atom. The van der Waals surface area contributed by atoms with Crippen molar-refractivity contribution in [3.8, 4) is 0 Å². The summed E-state index contributed by atoms with van der Waals surface area (Å²) in [5, 5.41) is 6.14. The van der Waals surface area contributed by atoms with Crippen LogP contribution in [0.3, 0.4) is 0 Å². The first kappa shape index (κ1) is 11.9. The molecule has 0 radical (unpaired) electrons. The van der Waals surface area contributed by atoms with Gasteiger partial charge in [0.2, 0.25) is 5.91 Å². The van der Waals surface area contributed by atoms with Crippen molar-refractivity contribution in [3.05, 3.63) is 24.3 Å². The standard InChI is InChI=1S/C13H18N2O2/c1-10(16)15-12-5-3-4-11(6-12)14-7-13(2)8-17-9-13/h3-6,14H,7-9H2,1-2H3,(H,15,16). The molecule has 0 atom stereocenters. The van der Waals surface area contributed by atoms with Gasteiger partial charge in [-0.25, -0.2) is 0 Å². The van der Waals surface area contributed by atoms with Crippen molar-refractivity contribution in [3.63, 3.8) is 0 Å². The molecule has 0 aliphatic carbocycles. The highest BCUT2D eigenvalue weighted by atomic mass is 16.5. The lowest BCUT2D eigenvalue weighted by Crippen LogP contribution is -2.45. The molecule has 1 fully saturated rings. The van der Waals surface area contributed by atoms with E-state index in [1.54, 1.807) is 0 Å². The maximum atomic E-state index is 10.9. The van der Waals surface area contributed by atoms with E-state index in [-0.39, 0.29) is 11.3 Å². The van der Waals surface area contributed by atoms with Crippen LogP contribution in [0.1, 0.15) is 13.8 Å². The van der Waals surface area contributed by atoms with Crippen molar-refractivity contribution in [2.75, 3.05) is 30.4 Å². The van der Waals surface area contributed by atoms with Crippen LogP contribution in [-0.4, -0.2) is 25.7 Å². The SMILES string of the molecule is CC(=O)Nc1cccc(NCC2(C)COC2)c1. The Kier molecular flexibility index (Phi) is 3.33. The zero-order chi connectivity index (χ0) is 12.3. The van der Waals surface area contributed by atoms with E-state index in [2.05, 4.69) is 17.6 Å². The van der Waals surface area contributed by atoms with Crippen LogP contribution in [0.2, 0.25) is 0 Å². The van der Waals surface area contributed by atoms with Gasteiger partial charge in [0.25, 0.3) is 0 Å². The minimum atomic E-state index is -0.0542. The molecular weight excluding hydrogens is 216 g/mol. The lowest BCUT2D eigenvalue weighted by atomic mass is 9.89. The number of benzene rings is 1. The summed E-state index contributed by atoms with van der Waals surface area (Å²) in [6.07, 6.45) is 0. The van der Waals surface area contributed by atoms with Crippen LogP contribution < -0.4 is 10.6 Å². The van der Waals surface area contributed by atoms with Crippen molar-refractivity contribution in [1.82, 2.24) is 0 Å². The van der Waals surface area contributed by atoms with Gasteiger partial charge in [0.05, 0.1) is 13.2 Å². The van der Waals surface area contributed by atoms with E-state index in [0.29, 0.717) is 0 Å². The number of carbonyl (C=O) groups is 1. The van der Waals surface area contributed by atoms with Crippen molar-refractivity contribution in [2.24, 2.45) is 5.41 Å². The molecule has 1 amide bonds. The maximum Gasteiger partial charge on any atom is 0.221 e. The highest BCUT2D eigenvalue weighted by molar-refractivity contribution is 5.89. The number of ether oxygens (including phenoxy) is 1. The fourth-order valence-corrected chi connectivity index (χ4v) is 1.78. The van der Waals surface area contributed by atoms with Gasteiger partial charge >= 0.3 is 0 Å². The molecule has 0 aromatic heterocycles. The van der Waals surface area contributed by atoms with E-state index in [9.17, 15) is 4.79 Å². The second kappa shape index (κ2) is 4.75. The molecule has 0 bridgehead atoms. The Bertz CT molecular complexity index is 414. The summed E-state index contributed by atoms with van der Waals surface area (Å²) in [7, 11) is 0. The molecule has 17 heavy (non-hydrogen) atoms. The Morgan fingerprint density at radius 3 is 2.71 bits per heavy atom. The number of anilines is 2. The maximum absolute atomic E-state index is 10.9. The molecule has 1 aliphatic rings. The van der Waals surface area contributed by atoms with Crippen LogP contribution in [-0.2, 0) is 9.53 Å². The summed E-state index contributed by atoms with van der Waals surface area (Å²) in [6.45, 7) is 6.21. The minimum absolute atomic E-state index is 0.0542. The second-order valence-electron chi connectivity index (χ2n) is 4.92. The Balaban J connectivity index is 1.93. The van der Waals surface area contributed by atoms with Gasteiger partial charge in [-0.1, -0.05) is 13.0 Å². The number of nitrogens with one attached hydrogen (secondary N) is 2. The van der Waals surface area contributed by atoms with Crippen molar-refractivity contribution >= 4 is 17.3 Å². The number of rotatable bonds is 4. The van der Waals surface area contributed by atoms with Crippen LogP contribution in [0.25, 0.3) is 0 Å². The molecule has 1 heterocycles. The first-order valence-corrected chi connectivity index (χ1v) is 5.77. The summed E-state index contributed by atoms with van der Waals surface area (Å²) in [5.74, 6) is -0.0542. The molecule has 4 heteroatoms. The quantitative estimate of drug-likeness (QED) is 0.838. The van der Waals surface area contributed by atoms with Crippen LogP contribution in [0.4, 0.5) is 11.4 Å². The first-order valence-electron chi connectivity index (χ1n) is 5.77. The largest absolute Gasteiger partial charge is 0.384 e. The highest BCUT2D eigenvalue weighted by Crippen LogP contribution is 2.27. The highest BCUT2D eigenvalue weighted by Gasteiger charge is 2.32. The summed E-state index contributed by atoms with van der Waals surface area (Å²) < 4.78 is 5.21. The Labute approximate surface area is 101 Å². The van der Waals surface area contributed by atoms with Gasteiger partial charge in [-0.05, 0) is 18.2 Å². The molecule has 2 N–H and O–H groups in total. The van der Waals surface area contributed by atoms with Crippen molar-refractivity contribution in [2.45, 2.75) is 13.8 Å². The molecule has 4 nitrogen and oxygen atoms in total. The zero-order valence-corrected chi connectivity index (χ0v) is 10.2. The van der Waals surface area contributed by atoms with E-state index in [4.69, 9.17) is 4.74 Å². The van der Waals surface area contributed by atoms with Gasteiger partial charge in [-0.15, -0.1) is 0 Å². The average Bonchev–Trinajstić information content (AvgIpc) is 2.23. The van der Waals surface area contributed by atoms with Crippen molar-refractivity contribution in [1.29, 1.82) is 0 Å². The van der Waals surface area contributed by atoms with Crippen LogP contribution in [0.5, 0.6) is 0 Å². The Morgan fingerprint density at radius 2 is 2.12 bits per heavy atom. The van der Waals surface area contributed by atoms with E-state index in [1.165, 1.54) is 6.92 Å². The first-order chi connectivity index (χ1) is 8.07. The summed E-state index contributed by atoms with van der Waals surface area (Å²) in [4.78, 5) is 10.9. The van der Waals surface area contributed by atoms with Gasteiger partial charge in [0, 0.05) is 30.3 Å². The molecule has 92 valence electrons. The number of carbonyl (C=O) groups excluding carboxylic acids is 1. The van der Waals surface area contributed by atoms with Crippen LogP contribution >= 0.6 is 0 Å². The monoisotopic (exact) mass is 234 g/mol. The normalized spacial score (nSPS) is 17.1. The van der Waals surface area contributed by atoms with Gasteiger partial charge in [-0.3, -0.25) is 4.79 Å². The predicted molar refractivity (Wildman–Crippen MR) is 68.2 cm³/mol. The molecule has 1 aromatic carbocycles. The zero-order valence-electron chi connectivity index (χ0n) is 10.2. The number of hydrogen-bond acceptors (Lipinski definition) is 3. The van der Waals surface area contributed by atoms with Gasteiger partial charge in [-0.2, -0.15) is 0 Å². The molecule has 0 unspecified atom stereocenters. The minimum Gasteiger partial charge on any atom is -0.384 e. The fraction of sp³-hybridized carbons (Fsp3) is 0.462. The van der Waals surface area contributed by atoms with Gasteiger partial charge in [0.1, 0.15) is 0 Å². The molecule has 1 aromatic rings. The second-order valence-corrected chi connectivity index (χ2v) is 4.92. The van der Waals surface area contributed by atoms with E-state index in [0.717, 1.165) is 31.1 Å². The lowest BCUT2D eigenvalue weighted by Gasteiger charge is -2.38. The summed E-state index contributed by atoms with van der Waals surface area (Å²) in [6, 6.07) is 7.73. The molecule has 0 spiro atoms. The van der Waals surface area contributed by atoms with Gasteiger partial charge < -0.3 is 15.4 Å². The molecule has 2 rings (SSSR count). The van der Waals surface area contributed by atoms with Gasteiger partial charge in [0.15, 0.2) is 0 Å². The van der Waals surface area contributed by atoms with E-state index in [1.807, 2.05) is 24.3 Å². The molecular formula is C13H18N2O2. The number of hydrogen-bond donors (Lipinski definition) is 2. The Hall–Kier alpha value is -1.55. The van der Waals surface area contributed by atoms with Crippen molar-refractivity contribution < 1.29 is 9.53 Å². The third-order valence-electron chi connectivity index (χ3n) is 2.80. The third-order valence-corrected chi connectivity index (χ3v) is 2.80. The smallest absolute Gasteiger partial charge is 0.221 e. The van der Waals surface area contributed by atoms with E-state index < -0.39 is 0 Å². The lowest BCUT2D eigenvalue weighted by molar-refractivity contribution is -0.114. The van der Waals surface area contributed by atoms with Crippen LogP contribution in [0.15, 0.2) is 24.3 Å². The third kappa shape index (κ3) is 3.20. The molecule has 0 saturated carbocycles. The summed E-state index contributed by atoms with van der Waals surface area (Å²) in [5.41, 5.74) is 2.08. The topological polar surface area (TPSA) is 50.4 Å². The molecule has 1 saturated heterocycles. The van der Waals surface area contributed by atoms with Crippen LogP contribution in [0, 0.1) is 5.41 Å². The number of amides is 1.